The molecule has 0 spiro atoms. The summed E-state index contributed by atoms with van der Waals surface area (Å²) in [6.07, 6.45) is 3.59. The van der Waals surface area contributed by atoms with Crippen LogP contribution in [0, 0.1) is 0 Å². The lowest BCUT2D eigenvalue weighted by Crippen LogP contribution is -2.30. The minimum atomic E-state index is -1.01. The van der Waals surface area contributed by atoms with Crippen LogP contribution < -0.4 is 5.32 Å². The number of hydrogen-bond donors (Lipinski definition) is 1. The lowest BCUT2D eigenvalue weighted by Gasteiger charge is -2.14. The van der Waals surface area contributed by atoms with E-state index in [1.54, 1.807) is 36.5 Å². The summed E-state index contributed by atoms with van der Waals surface area (Å²) >= 11 is 5.88. The second kappa shape index (κ2) is 7.23. The molecule has 0 unspecified atom stereocenters. The Balaban J connectivity index is 1.68. The van der Waals surface area contributed by atoms with Crippen LogP contribution in [-0.4, -0.2) is 32.9 Å². The molecule has 0 radical (unpaired) electrons. The van der Waals surface area contributed by atoms with Crippen LogP contribution in [0.3, 0.4) is 0 Å². The van der Waals surface area contributed by atoms with Gasteiger partial charge in [-0.25, -0.2) is 9.78 Å². The Hall–Kier alpha value is -3.06. The van der Waals surface area contributed by atoms with Crippen LogP contribution in [0.2, 0.25) is 5.15 Å². The van der Waals surface area contributed by atoms with Crippen LogP contribution in [0.15, 0.2) is 48.9 Å². The van der Waals surface area contributed by atoms with Crippen LogP contribution >= 0.6 is 11.6 Å². The number of benzene rings is 1. The van der Waals surface area contributed by atoms with Gasteiger partial charge in [-0.05, 0) is 37.3 Å². The number of nitrogens with zero attached hydrogens (tertiary/aromatic N) is 3. The summed E-state index contributed by atoms with van der Waals surface area (Å²) < 4.78 is 5.20. The molecule has 1 amide bonds. The zero-order valence-corrected chi connectivity index (χ0v) is 13.9. The fraction of sp³-hybridized carbons (Fsp3) is 0.118. The van der Waals surface area contributed by atoms with Crippen molar-refractivity contribution in [3.05, 3.63) is 59.6 Å². The van der Waals surface area contributed by atoms with Crippen molar-refractivity contribution in [2.45, 2.75) is 13.0 Å². The molecule has 8 heteroatoms. The molecule has 1 atom stereocenters. The van der Waals surface area contributed by atoms with E-state index in [0.717, 1.165) is 0 Å². The fourth-order valence-corrected chi connectivity index (χ4v) is 2.25. The number of carbonyl (C=O) groups is 2. The van der Waals surface area contributed by atoms with Crippen molar-refractivity contribution in [3.63, 3.8) is 0 Å². The van der Waals surface area contributed by atoms with Gasteiger partial charge >= 0.3 is 5.97 Å². The lowest BCUT2D eigenvalue weighted by atomic mass is 10.2. The Bertz CT molecular complexity index is 948. The van der Waals surface area contributed by atoms with E-state index in [2.05, 4.69) is 20.3 Å². The minimum absolute atomic E-state index is 0.155. The summed E-state index contributed by atoms with van der Waals surface area (Å²) in [7, 11) is 0. The molecule has 0 fully saturated rings. The molecule has 0 aliphatic carbocycles. The smallest absolute Gasteiger partial charge is 0.338 e. The summed E-state index contributed by atoms with van der Waals surface area (Å²) in [6, 6.07) is 8.03. The highest BCUT2D eigenvalue weighted by Gasteiger charge is 2.20. The van der Waals surface area contributed by atoms with Crippen LogP contribution in [0.25, 0.3) is 11.0 Å². The van der Waals surface area contributed by atoms with Crippen LogP contribution in [-0.2, 0) is 9.53 Å². The SMILES string of the molecule is C[C@H](OC(=O)c1ccc2nccnc2c1)C(=O)Nc1cccnc1Cl. The number of carbonyl (C=O) groups excluding carboxylic acids is 2. The maximum absolute atomic E-state index is 12.2. The average molecular weight is 357 g/mol. The summed E-state index contributed by atoms with van der Waals surface area (Å²) in [5.74, 6) is -1.14. The number of aromatic nitrogens is 3. The molecule has 7 nitrogen and oxygen atoms in total. The van der Waals surface area contributed by atoms with Crippen molar-refractivity contribution in [1.82, 2.24) is 15.0 Å². The lowest BCUT2D eigenvalue weighted by molar-refractivity contribution is -0.123. The van der Waals surface area contributed by atoms with E-state index in [1.165, 1.54) is 19.3 Å². The number of pyridine rings is 1. The molecule has 0 bridgehead atoms. The Labute approximate surface area is 148 Å². The fourth-order valence-electron chi connectivity index (χ4n) is 2.09. The minimum Gasteiger partial charge on any atom is -0.449 e. The van der Waals surface area contributed by atoms with E-state index in [4.69, 9.17) is 16.3 Å². The predicted molar refractivity (Wildman–Crippen MR) is 92.3 cm³/mol. The first-order chi connectivity index (χ1) is 12.0. The van der Waals surface area contributed by atoms with Gasteiger partial charge in [-0.2, -0.15) is 0 Å². The number of fused-ring (bicyclic) bond motifs is 1. The molecule has 0 saturated carbocycles. The molecule has 3 aromatic rings. The zero-order valence-electron chi connectivity index (χ0n) is 13.1. The molecule has 126 valence electrons. The molecule has 0 aliphatic heterocycles. The van der Waals surface area contributed by atoms with Crippen LogP contribution in [0.1, 0.15) is 17.3 Å². The van der Waals surface area contributed by atoms with Gasteiger partial charge in [-0.3, -0.25) is 14.8 Å². The maximum atomic E-state index is 12.2. The molecule has 1 aromatic carbocycles. The van der Waals surface area contributed by atoms with Gasteiger partial charge in [0.2, 0.25) is 0 Å². The number of hydrogen-bond acceptors (Lipinski definition) is 6. The highest BCUT2D eigenvalue weighted by Crippen LogP contribution is 2.18. The standard InChI is InChI=1S/C17H13ClN4O3/c1-10(16(23)22-13-3-2-6-21-15(13)18)25-17(24)11-4-5-12-14(9-11)20-8-7-19-12/h2-10H,1H3,(H,22,23)/t10-/m0/s1. The van der Waals surface area contributed by atoms with Gasteiger partial charge in [0.15, 0.2) is 11.3 Å². The van der Waals surface area contributed by atoms with E-state index in [9.17, 15) is 9.59 Å². The van der Waals surface area contributed by atoms with E-state index in [-0.39, 0.29) is 10.7 Å². The largest absolute Gasteiger partial charge is 0.449 e. The first-order valence-electron chi connectivity index (χ1n) is 7.38. The predicted octanol–water partition coefficient (Wildman–Crippen LogP) is 2.86. The second-order valence-corrected chi connectivity index (χ2v) is 5.50. The van der Waals surface area contributed by atoms with Crippen LogP contribution in [0.4, 0.5) is 5.69 Å². The summed E-state index contributed by atoms with van der Waals surface area (Å²) in [5.41, 5.74) is 1.86. The molecule has 3 rings (SSSR count). The van der Waals surface area contributed by atoms with Crippen LogP contribution in [0.5, 0.6) is 0 Å². The van der Waals surface area contributed by atoms with Crippen molar-refractivity contribution < 1.29 is 14.3 Å². The van der Waals surface area contributed by atoms with Crippen molar-refractivity contribution in [2.24, 2.45) is 0 Å². The monoisotopic (exact) mass is 356 g/mol. The molecular formula is C17H13ClN4O3. The van der Waals surface area contributed by atoms with E-state index in [1.807, 2.05) is 0 Å². The number of anilines is 1. The molecule has 25 heavy (non-hydrogen) atoms. The van der Waals surface area contributed by atoms with Gasteiger partial charge in [0.25, 0.3) is 5.91 Å². The number of nitrogens with one attached hydrogen (secondary N) is 1. The molecule has 0 aliphatic rings. The first kappa shape index (κ1) is 16.8. The van der Waals surface area contributed by atoms with Gasteiger partial charge in [0.05, 0.1) is 22.3 Å². The van der Waals surface area contributed by atoms with Gasteiger partial charge in [0, 0.05) is 18.6 Å². The first-order valence-corrected chi connectivity index (χ1v) is 7.75. The zero-order chi connectivity index (χ0) is 17.8. The van der Waals surface area contributed by atoms with Crippen molar-refractivity contribution in [2.75, 3.05) is 5.32 Å². The number of ether oxygens (including phenoxy) is 1. The topological polar surface area (TPSA) is 94.1 Å². The maximum Gasteiger partial charge on any atom is 0.338 e. The summed E-state index contributed by atoms with van der Waals surface area (Å²) in [5, 5.41) is 2.72. The molecule has 0 saturated heterocycles. The van der Waals surface area contributed by atoms with Crippen molar-refractivity contribution >= 4 is 40.2 Å². The Morgan fingerprint density at radius 1 is 1.08 bits per heavy atom. The molecule has 2 aromatic heterocycles. The highest BCUT2D eigenvalue weighted by molar-refractivity contribution is 6.32. The summed E-state index contributed by atoms with van der Waals surface area (Å²) in [6.45, 7) is 1.47. The molecule has 1 N–H and O–H groups in total. The third-order valence-electron chi connectivity index (χ3n) is 3.38. The highest BCUT2D eigenvalue weighted by atomic mass is 35.5. The summed E-state index contributed by atoms with van der Waals surface area (Å²) in [4.78, 5) is 36.5. The molecule has 2 heterocycles. The van der Waals surface area contributed by atoms with Gasteiger partial charge in [0.1, 0.15) is 0 Å². The van der Waals surface area contributed by atoms with E-state index in [0.29, 0.717) is 16.7 Å². The number of amides is 1. The molecular weight excluding hydrogens is 344 g/mol. The Morgan fingerprint density at radius 3 is 2.60 bits per heavy atom. The second-order valence-electron chi connectivity index (χ2n) is 5.14. The Kier molecular flexibility index (Phi) is 4.85. The van der Waals surface area contributed by atoms with E-state index >= 15 is 0 Å². The third kappa shape index (κ3) is 3.89. The van der Waals surface area contributed by atoms with Crippen molar-refractivity contribution in [1.29, 1.82) is 0 Å². The number of halogens is 1. The van der Waals surface area contributed by atoms with Crippen molar-refractivity contribution in [3.8, 4) is 0 Å². The van der Waals surface area contributed by atoms with Gasteiger partial charge in [-0.1, -0.05) is 11.6 Å². The van der Waals surface area contributed by atoms with Gasteiger partial charge in [-0.15, -0.1) is 0 Å². The van der Waals surface area contributed by atoms with Gasteiger partial charge < -0.3 is 10.1 Å². The normalized spacial score (nSPS) is 11.8. The Morgan fingerprint density at radius 2 is 1.84 bits per heavy atom. The number of rotatable bonds is 4. The van der Waals surface area contributed by atoms with E-state index < -0.39 is 18.0 Å². The quantitative estimate of drug-likeness (QED) is 0.570. The average Bonchev–Trinajstić information content (AvgIpc) is 2.63. The third-order valence-corrected chi connectivity index (χ3v) is 3.68. The number of esters is 1.